The molecule has 4 heteroatoms. The van der Waals surface area contributed by atoms with Crippen molar-refractivity contribution in [3.05, 3.63) is 89.8 Å². The van der Waals surface area contributed by atoms with Crippen LogP contribution in [0, 0.1) is 6.92 Å². The molecule has 1 heterocycles. The number of benzene rings is 2. The first-order valence-corrected chi connectivity index (χ1v) is 8.21. The molecule has 1 amide bonds. The van der Waals surface area contributed by atoms with Crippen molar-refractivity contribution in [3.8, 4) is 5.69 Å². The number of hydrogen-bond acceptors (Lipinski definition) is 2. The van der Waals surface area contributed by atoms with E-state index < -0.39 is 0 Å². The van der Waals surface area contributed by atoms with Crippen molar-refractivity contribution in [2.45, 2.75) is 13.5 Å². The summed E-state index contributed by atoms with van der Waals surface area (Å²) in [5.74, 6) is -0.0317. The zero-order chi connectivity index (χ0) is 17.6. The lowest BCUT2D eigenvalue weighted by Crippen LogP contribution is -2.24. The maximum atomic E-state index is 12.3. The number of nitrogens with zero attached hydrogens (tertiary/aromatic N) is 3. The van der Waals surface area contributed by atoms with E-state index in [0.717, 1.165) is 16.8 Å². The van der Waals surface area contributed by atoms with Crippen molar-refractivity contribution < 1.29 is 4.79 Å². The summed E-state index contributed by atoms with van der Waals surface area (Å²) in [6.07, 6.45) is 7.03. The van der Waals surface area contributed by atoms with Crippen LogP contribution in [0.25, 0.3) is 11.8 Å². The minimum Gasteiger partial charge on any atom is -0.338 e. The van der Waals surface area contributed by atoms with Crippen LogP contribution in [0.2, 0.25) is 0 Å². The molecule has 0 saturated carbocycles. The Morgan fingerprint density at radius 2 is 1.84 bits per heavy atom. The molecule has 0 radical (unpaired) electrons. The number of aryl methyl sites for hydroxylation is 1. The van der Waals surface area contributed by atoms with Crippen molar-refractivity contribution in [1.29, 1.82) is 0 Å². The van der Waals surface area contributed by atoms with Crippen LogP contribution in [-0.2, 0) is 11.3 Å². The van der Waals surface area contributed by atoms with Crippen LogP contribution in [0.3, 0.4) is 0 Å². The van der Waals surface area contributed by atoms with Crippen molar-refractivity contribution in [3.63, 3.8) is 0 Å². The van der Waals surface area contributed by atoms with E-state index in [-0.39, 0.29) is 5.91 Å². The highest BCUT2D eigenvalue weighted by Crippen LogP contribution is 2.11. The van der Waals surface area contributed by atoms with Crippen molar-refractivity contribution >= 4 is 12.0 Å². The summed E-state index contributed by atoms with van der Waals surface area (Å²) < 4.78 is 1.79. The molecule has 0 bridgehead atoms. The smallest absolute Gasteiger partial charge is 0.246 e. The molecule has 1 aromatic heterocycles. The molecule has 0 spiro atoms. The SMILES string of the molecule is Cc1ccccc1CN(C)C(=O)/C=C/c1cnn(-c2ccccc2)c1. The van der Waals surface area contributed by atoms with Crippen LogP contribution >= 0.6 is 0 Å². The molecule has 0 aliphatic heterocycles. The first-order valence-electron chi connectivity index (χ1n) is 8.21. The molecule has 0 N–H and O–H groups in total. The third-order valence-electron chi connectivity index (χ3n) is 4.09. The van der Waals surface area contributed by atoms with Crippen LogP contribution in [0.1, 0.15) is 16.7 Å². The van der Waals surface area contributed by atoms with E-state index >= 15 is 0 Å². The van der Waals surface area contributed by atoms with Gasteiger partial charge >= 0.3 is 0 Å². The van der Waals surface area contributed by atoms with Gasteiger partial charge in [0.25, 0.3) is 0 Å². The number of carbonyl (C=O) groups is 1. The largest absolute Gasteiger partial charge is 0.338 e. The van der Waals surface area contributed by atoms with Crippen molar-refractivity contribution in [1.82, 2.24) is 14.7 Å². The van der Waals surface area contributed by atoms with Gasteiger partial charge in [0.2, 0.25) is 5.91 Å². The summed E-state index contributed by atoms with van der Waals surface area (Å²) in [7, 11) is 1.81. The van der Waals surface area contributed by atoms with Gasteiger partial charge in [-0.15, -0.1) is 0 Å². The topological polar surface area (TPSA) is 38.1 Å². The lowest BCUT2D eigenvalue weighted by molar-refractivity contribution is -0.125. The first-order chi connectivity index (χ1) is 12.1. The van der Waals surface area contributed by atoms with Gasteiger partial charge in [-0.25, -0.2) is 4.68 Å². The highest BCUT2D eigenvalue weighted by atomic mass is 16.2. The fourth-order valence-electron chi connectivity index (χ4n) is 2.56. The highest BCUT2D eigenvalue weighted by Gasteiger charge is 2.07. The maximum Gasteiger partial charge on any atom is 0.246 e. The van der Waals surface area contributed by atoms with E-state index in [0.29, 0.717) is 6.54 Å². The molecule has 4 nitrogen and oxygen atoms in total. The van der Waals surface area contributed by atoms with Gasteiger partial charge in [0.05, 0.1) is 11.9 Å². The monoisotopic (exact) mass is 331 g/mol. The van der Waals surface area contributed by atoms with Crippen LogP contribution in [0.5, 0.6) is 0 Å². The lowest BCUT2D eigenvalue weighted by Gasteiger charge is -2.16. The molecule has 2 aromatic carbocycles. The van der Waals surface area contributed by atoms with E-state index in [9.17, 15) is 4.79 Å². The number of amides is 1. The summed E-state index contributed by atoms with van der Waals surface area (Å²) in [4.78, 5) is 14.0. The summed E-state index contributed by atoms with van der Waals surface area (Å²) in [5.41, 5.74) is 4.23. The number of carbonyl (C=O) groups excluding carboxylic acids is 1. The number of aromatic nitrogens is 2. The Hall–Kier alpha value is -3.14. The van der Waals surface area contributed by atoms with E-state index in [1.165, 1.54) is 5.56 Å². The zero-order valence-corrected chi connectivity index (χ0v) is 14.5. The van der Waals surface area contributed by atoms with Crippen LogP contribution < -0.4 is 0 Å². The minimum absolute atomic E-state index is 0.0317. The molecule has 0 unspecified atom stereocenters. The highest BCUT2D eigenvalue weighted by molar-refractivity contribution is 5.91. The Balaban J connectivity index is 1.64. The molecule has 25 heavy (non-hydrogen) atoms. The number of para-hydroxylation sites is 1. The normalized spacial score (nSPS) is 11.0. The lowest BCUT2D eigenvalue weighted by atomic mass is 10.1. The van der Waals surface area contributed by atoms with Crippen molar-refractivity contribution in [2.75, 3.05) is 7.05 Å². The maximum absolute atomic E-state index is 12.3. The third kappa shape index (κ3) is 4.23. The molecule has 0 aliphatic carbocycles. The molecule has 0 aliphatic rings. The number of rotatable bonds is 5. The van der Waals surface area contributed by atoms with Gasteiger partial charge in [-0.05, 0) is 36.3 Å². The average molecular weight is 331 g/mol. The third-order valence-corrected chi connectivity index (χ3v) is 4.09. The summed E-state index contributed by atoms with van der Waals surface area (Å²) in [6, 6.07) is 18.0. The van der Waals surface area contributed by atoms with Gasteiger partial charge in [0.1, 0.15) is 0 Å². The quantitative estimate of drug-likeness (QED) is 0.666. The van der Waals surface area contributed by atoms with Crippen LogP contribution in [-0.4, -0.2) is 27.6 Å². The van der Waals surface area contributed by atoms with E-state index in [1.54, 1.807) is 27.9 Å². The Morgan fingerprint density at radius 1 is 1.12 bits per heavy atom. The van der Waals surface area contributed by atoms with E-state index in [2.05, 4.69) is 18.1 Å². The Morgan fingerprint density at radius 3 is 2.60 bits per heavy atom. The van der Waals surface area contributed by atoms with Gasteiger partial charge in [-0.1, -0.05) is 42.5 Å². The fraction of sp³-hybridized carbons (Fsp3) is 0.143. The Bertz CT molecular complexity index is 881. The summed E-state index contributed by atoms with van der Waals surface area (Å²) in [6.45, 7) is 2.65. The molecule has 3 aromatic rings. The average Bonchev–Trinajstić information content (AvgIpc) is 3.11. The molecule has 0 fully saturated rings. The minimum atomic E-state index is -0.0317. The summed E-state index contributed by atoms with van der Waals surface area (Å²) >= 11 is 0. The Labute approximate surface area is 148 Å². The van der Waals surface area contributed by atoms with E-state index in [1.807, 2.05) is 61.8 Å². The van der Waals surface area contributed by atoms with Gasteiger partial charge in [0.15, 0.2) is 0 Å². The summed E-state index contributed by atoms with van der Waals surface area (Å²) in [5, 5.41) is 4.33. The number of hydrogen-bond donors (Lipinski definition) is 0. The zero-order valence-electron chi connectivity index (χ0n) is 14.5. The van der Waals surface area contributed by atoms with Crippen molar-refractivity contribution in [2.24, 2.45) is 0 Å². The van der Waals surface area contributed by atoms with Gasteiger partial charge in [-0.2, -0.15) is 5.10 Å². The number of likely N-dealkylation sites (N-methyl/N-ethyl adjacent to an activating group) is 1. The molecule has 0 saturated heterocycles. The predicted molar refractivity (Wildman–Crippen MR) is 100 cm³/mol. The van der Waals surface area contributed by atoms with Crippen LogP contribution in [0.15, 0.2) is 73.1 Å². The van der Waals surface area contributed by atoms with Gasteiger partial charge < -0.3 is 4.90 Å². The second-order valence-corrected chi connectivity index (χ2v) is 6.01. The molecule has 3 rings (SSSR count). The fourth-order valence-corrected chi connectivity index (χ4v) is 2.56. The van der Waals surface area contributed by atoms with Gasteiger partial charge in [-0.3, -0.25) is 4.79 Å². The molecular formula is C21H21N3O. The predicted octanol–water partition coefficient (Wildman–Crippen LogP) is 3.85. The van der Waals surface area contributed by atoms with Gasteiger partial charge in [0, 0.05) is 31.4 Å². The van der Waals surface area contributed by atoms with E-state index in [4.69, 9.17) is 0 Å². The first kappa shape index (κ1) is 16.7. The molecule has 126 valence electrons. The second-order valence-electron chi connectivity index (χ2n) is 6.01. The molecule has 0 atom stereocenters. The second kappa shape index (κ2) is 7.62. The van der Waals surface area contributed by atoms with Crippen LogP contribution in [0.4, 0.5) is 0 Å². The molecular weight excluding hydrogens is 310 g/mol. The Kier molecular flexibility index (Phi) is 5.09. The standard InChI is InChI=1S/C21H21N3O/c1-17-8-6-7-9-19(17)16-23(2)21(25)13-12-18-14-22-24(15-18)20-10-4-3-5-11-20/h3-15H,16H2,1-2H3/b13-12+.